The molecule has 1 aliphatic rings. The molecule has 1 saturated heterocycles. The Morgan fingerprint density at radius 1 is 1.08 bits per heavy atom. The lowest BCUT2D eigenvalue weighted by Crippen LogP contribution is -2.35. The fraction of sp³-hybridized carbons (Fsp3) is 0.263. The topological polar surface area (TPSA) is 69.6 Å². The van der Waals surface area contributed by atoms with Gasteiger partial charge < -0.3 is 10.4 Å². The summed E-state index contributed by atoms with van der Waals surface area (Å²) in [5.41, 5.74) is 1.14. The van der Waals surface area contributed by atoms with Crippen LogP contribution in [-0.2, 0) is 11.2 Å². The zero-order valence-electron chi connectivity index (χ0n) is 13.6. The summed E-state index contributed by atoms with van der Waals surface area (Å²) < 4.78 is 13.7. The number of aliphatic hydroxyl groups excluding tert-OH is 1. The van der Waals surface area contributed by atoms with Gasteiger partial charge in [-0.2, -0.15) is 0 Å². The number of amides is 3. The number of carbonyl (C=O) groups is 2. The van der Waals surface area contributed by atoms with Crippen LogP contribution in [0.15, 0.2) is 54.6 Å². The number of imide groups is 1. The van der Waals surface area contributed by atoms with Gasteiger partial charge in [-0.15, -0.1) is 0 Å². The molecule has 3 amide bonds. The van der Waals surface area contributed by atoms with Crippen LogP contribution in [0.2, 0.25) is 0 Å². The minimum absolute atomic E-state index is 0.0656. The number of aliphatic hydroxyl groups is 1. The van der Waals surface area contributed by atoms with Gasteiger partial charge in [-0.3, -0.25) is 9.69 Å². The van der Waals surface area contributed by atoms with E-state index in [2.05, 4.69) is 5.32 Å². The first-order chi connectivity index (χ1) is 12.1. The first-order valence-corrected chi connectivity index (χ1v) is 8.14. The Hall–Kier alpha value is -2.73. The normalized spacial score (nSPS) is 18.3. The van der Waals surface area contributed by atoms with Crippen molar-refractivity contribution in [2.24, 2.45) is 0 Å². The van der Waals surface area contributed by atoms with Gasteiger partial charge in [0, 0.05) is 5.56 Å². The number of β-amino-alcohol motifs (C(OH)–C–C–N with tert-alkyl or cyclic N) is 1. The quantitative estimate of drug-likeness (QED) is 0.792. The van der Waals surface area contributed by atoms with E-state index in [-0.39, 0.29) is 12.1 Å². The SMILES string of the molecule is O=C1N[C@@H](CCc2ccccc2)C(=O)N1C[C@@H](O)c1ccccc1F. The molecule has 1 fully saturated rings. The minimum atomic E-state index is -1.26. The van der Waals surface area contributed by atoms with E-state index >= 15 is 0 Å². The number of aryl methyl sites for hydroxylation is 1. The molecule has 130 valence electrons. The highest BCUT2D eigenvalue weighted by Gasteiger charge is 2.38. The summed E-state index contributed by atoms with van der Waals surface area (Å²) in [6.07, 6.45) is -0.133. The van der Waals surface area contributed by atoms with Crippen molar-refractivity contribution in [1.29, 1.82) is 0 Å². The molecule has 0 spiro atoms. The van der Waals surface area contributed by atoms with Gasteiger partial charge in [0.1, 0.15) is 11.9 Å². The smallest absolute Gasteiger partial charge is 0.324 e. The van der Waals surface area contributed by atoms with Gasteiger partial charge in [-0.05, 0) is 24.5 Å². The first-order valence-electron chi connectivity index (χ1n) is 8.14. The standard InChI is InChI=1S/C19H19FN2O3/c20-15-9-5-4-8-14(15)17(23)12-22-18(24)16(21-19(22)25)11-10-13-6-2-1-3-7-13/h1-9,16-17,23H,10-12H2,(H,21,25)/t16-,17+/m0/s1. The van der Waals surface area contributed by atoms with Crippen LogP contribution in [0.4, 0.5) is 9.18 Å². The number of hydrogen-bond donors (Lipinski definition) is 2. The fourth-order valence-electron chi connectivity index (χ4n) is 2.92. The molecule has 0 unspecified atom stereocenters. The van der Waals surface area contributed by atoms with E-state index in [4.69, 9.17) is 0 Å². The number of hydrogen-bond acceptors (Lipinski definition) is 3. The second-order valence-corrected chi connectivity index (χ2v) is 6.01. The van der Waals surface area contributed by atoms with Gasteiger partial charge in [0.05, 0.1) is 12.6 Å². The molecule has 25 heavy (non-hydrogen) atoms. The molecule has 0 saturated carbocycles. The number of urea groups is 1. The minimum Gasteiger partial charge on any atom is -0.386 e. The molecule has 2 atom stereocenters. The summed E-state index contributed by atoms with van der Waals surface area (Å²) in [5, 5.41) is 12.8. The summed E-state index contributed by atoms with van der Waals surface area (Å²) in [4.78, 5) is 25.4. The molecule has 2 aromatic carbocycles. The van der Waals surface area contributed by atoms with Crippen molar-refractivity contribution >= 4 is 11.9 Å². The number of halogens is 1. The Labute approximate surface area is 145 Å². The van der Waals surface area contributed by atoms with Crippen LogP contribution < -0.4 is 5.32 Å². The number of rotatable bonds is 6. The maximum atomic E-state index is 13.7. The highest BCUT2D eigenvalue weighted by atomic mass is 19.1. The third kappa shape index (κ3) is 3.85. The van der Waals surface area contributed by atoms with Crippen molar-refractivity contribution < 1.29 is 19.1 Å². The van der Waals surface area contributed by atoms with Gasteiger partial charge in [-0.1, -0.05) is 48.5 Å². The predicted molar refractivity (Wildman–Crippen MR) is 90.2 cm³/mol. The van der Waals surface area contributed by atoms with Gasteiger partial charge >= 0.3 is 6.03 Å². The molecule has 0 aromatic heterocycles. The van der Waals surface area contributed by atoms with E-state index in [1.165, 1.54) is 18.2 Å². The lowest BCUT2D eigenvalue weighted by Gasteiger charge is -2.18. The lowest BCUT2D eigenvalue weighted by atomic mass is 10.0. The van der Waals surface area contributed by atoms with Crippen LogP contribution in [0.5, 0.6) is 0 Å². The Balaban J connectivity index is 1.62. The van der Waals surface area contributed by atoms with E-state index in [1.807, 2.05) is 30.3 Å². The predicted octanol–water partition coefficient (Wildman–Crippen LogP) is 2.41. The number of benzene rings is 2. The maximum absolute atomic E-state index is 13.7. The van der Waals surface area contributed by atoms with Crippen LogP contribution >= 0.6 is 0 Å². The van der Waals surface area contributed by atoms with Crippen molar-refractivity contribution in [1.82, 2.24) is 10.2 Å². The van der Waals surface area contributed by atoms with Crippen LogP contribution in [-0.4, -0.2) is 34.5 Å². The highest BCUT2D eigenvalue weighted by Crippen LogP contribution is 2.21. The average molecular weight is 342 g/mol. The van der Waals surface area contributed by atoms with Gasteiger partial charge in [0.25, 0.3) is 5.91 Å². The van der Waals surface area contributed by atoms with Crippen molar-refractivity contribution in [2.75, 3.05) is 6.54 Å². The Kier molecular flexibility index (Phi) is 5.09. The Bertz CT molecular complexity index is 766. The number of nitrogens with one attached hydrogen (secondary N) is 1. The molecule has 3 rings (SSSR count). The molecule has 0 radical (unpaired) electrons. The van der Waals surface area contributed by atoms with Crippen molar-refractivity contribution in [2.45, 2.75) is 25.0 Å². The first kappa shape index (κ1) is 17.1. The van der Waals surface area contributed by atoms with E-state index in [9.17, 15) is 19.1 Å². The van der Waals surface area contributed by atoms with E-state index in [0.29, 0.717) is 12.8 Å². The molecule has 5 nitrogen and oxygen atoms in total. The summed E-state index contributed by atoms with van der Waals surface area (Å²) in [6, 6.07) is 14.3. The largest absolute Gasteiger partial charge is 0.386 e. The van der Waals surface area contributed by atoms with Crippen LogP contribution in [0.25, 0.3) is 0 Å². The lowest BCUT2D eigenvalue weighted by molar-refractivity contribution is -0.128. The van der Waals surface area contributed by atoms with Crippen molar-refractivity contribution in [3.63, 3.8) is 0 Å². The molecule has 0 aliphatic carbocycles. The van der Waals surface area contributed by atoms with Crippen LogP contribution in [0.1, 0.15) is 23.7 Å². The molecular weight excluding hydrogens is 323 g/mol. The summed E-state index contributed by atoms with van der Waals surface area (Å²) >= 11 is 0. The van der Waals surface area contributed by atoms with E-state index < -0.39 is 29.9 Å². The molecule has 2 aromatic rings. The summed E-state index contributed by atoms with van der Waals surface area (Å²) in [5.74, 6) is -0.959. The Morgan fingerprint density at radius 2 is 1.76 bits per heavy atom. The summed E-state index contributed by atoms with van der Waals surface area (Å²) in [7, 11) is 0. The number of carbonyl (C=O) groups excluding carboxylic acids is 2. The Morgan fingerprint density at radius 3 is 2.48 bits per heavy atom. The van der Waals surface area contributed by atoms with Gasteiger partial charge in [0.2, 0.25) is 0 Å². The van der Waals surface area contributed by atoms with E-state index in [0.717, 1.165) is 10.5 Å². The third-order valence-corrected chi connectivity index (χ3v) is 4.29. The average Bonchev–Trinajstić information content (AvgIpc) is 2.88. The van der Waals surface area contributed by atoms with E-state index in [1.54, 1.807) is 6.07 Å². The van der Waals surface area contributed by atoms with Crippen molar-refractivity contribution in [3.8, 4) is 0 Å². The third-order valence-electron chi connectivity index (χ3n) is 4.29. The zero-order valence-corrected chi connectivity index (χ0v) is 13.6. The maximum Gasteiger partial charge on any atom is 0.324 e. The second-order valence-electron chi connectivity index (χ2n) is 6.01. The summed E-state index contributed by atoms with van der Waals surface area (Å²) in [6.45, 7) is -0.270. The van der Waals surface area contributed by atoms with Crippen LogP contribution in [0.3, 0.4) is 0 Å². The molecule has 1 heterocycles. The zero-order chi connectivity index (χ0) is 17.8. The molecule has 6 heteroatoms. The van der Waals surface area contributed by atoms with Crippen LogP contribution in [0, 0.1) is 5.82 Å². The molecule has 2 N–H and O–H groups in total. The fourth-order valence-corrected chi connectivity index (χ4v) is 2.92. The van der Waals surface area contributed by atoms with Crippen molar-refractivity contribution in [3.05, 3.63) is 71.5 Å². The second kappa shape index (κ2) is 7.44. The molecular formula is C19H19FN2O3. The van der Waals surface area contributed by atoms with Gasteiger partial charge in [0.15, 0.2) is 0 Å². The number of nitrogens with zero attached hydrogens (tertiary/aromatic N) is 1. The highest BCUT2D eigenvalue weighted by molar-refractivity contribution is 6.04. The van der Waals surface area contributed by atoms with Gasteiger partial charge in [-0.25, -0.2) is 9.18 Å². The molecule has 1 aliphatic heterocycles. The monoisotopic (exact) mass is 342 g/mol. The molecule has 0 bridgehead atoms.